The third-order valence-electron chi connectivity index (χ3n) is 5.37. The van der Waals surface area contributed by atoms with Crippen LogP contribution < -0.4 is 0 Å². The molecule has 2 aromatic carbocycles. The second kappa shape index (κ2) is 17.9. The largest absolute Gasteiger partial charge is 0.297 e. The molecule has 1 nitrogen and oxygen atoms in total. The summed E-state index contributed by atoms with van der Waals surface area (Å²) in [6.45, 7) is 14.9. The van der Waals surface area contributed by atoms with E-state index in [1.54, 1.807) is 0 Å². The maximum absolute atomic E-state index is 4.44. The third-order valence-corrected chi connectivity index (χ3v) is 5.37. The fourth-order valence-electron chi connectivity index (χ4n) is 3.25. The summed E-state index contributed by atoms with van der Waals surface area (Å²) >= 11 is 0. The Labute approximate surface area is 188 Å². The molecule has 0 saturated heterocycles. The number of nitrogens with zero attached hydrogens (tertiary/aromatic N) is 1. The Morgan fingerprint density at radius 3 is 1.93 bits per heavy atom. The number of aliphatic imine (C=N–C) groups is 1. The molecule has 2 aromatic rings. The van der Waals surface area contributed by atoms with Crippen molar-refractivity contribution in [3.8, 4) is 0 Å². The fraction of sp³-hybridized carbons (Fsp3) is 0.552. The van der Waals surface area contributed by atoms with E-state index in [1.807, 2.05) is 20.9 Å². The monoisotopic (exact) mass is 409 g/mol. The van der Waals surface area contributed by atoms with Gasteiger partial charge in [0.2, 0.25) is 0 Å². The number of unbranched alkanes of at least 4 members (excludes halogenated alkanes) is 2. The first-order valence-electron chi connectivity index (χ1n) is 12.1. The van der Waals surface area contributed by atoms with Gasteiger partial charge in [0.15, 0.2) is 0 Å². The van der Waals surface area contributed by atoms with E-state index in [9.17, 15) is 0 Å². The first-order chi connectivity index (χ1) is 14.5. The Morgan fingerprint density at radius 1 is 0.833 bits per heavy atom. The minimum absolute atomic E-state index is 0.473. The van der Waals surface area contributed by atoms with Crippen LogP contribution in [0, 0.1) is 6.92 Å². The molecule has 0 heterocycles. The van der Waals surface area contributed by atoms with Crippen molar-refractivity contribution < 1.29 is 0 Å². The standard InChI is InChI=1S/C23H31N.C4H10.C2H6/c1-5-6-10-23(19(3)24-4)22-15-13-20(14-16-22)11-12-21-9-7-8-18(2)17-21;1-3-4-2;1-2/h7-9,13-17,23H,5-6,10-12H2,1-4H3;3-4H2,1-2H3;1-2H3. The maximum atomic E-state index is 4.44. The van der Waals surface area contributed by atoms with Crippen LogP contribution in [0.15, 0.2) is 53.5 Å². The highest BCUT2D eigenvalue weighted by molar-refractivity contribution is 5.88. The highest BCUT2D eigenvalue weighted by atomic mass is 14.7. The van der Waals surface area contributed by atoms with E-state index in [-0.39, 0.29) is 0 Å². The van der Waals surface area contributed by atoms with Crippen molar-refractivity contribution in [3.63, 3.8) is 0 Å². The van der Waals surface area contributed by atoms with Crippen molar-refractivity contribution in [2.24, 2.45) is 4.99 Å². The molecule has 1 heteroatoms. The Morgan fingerprint density at radius 2 is 1.43 bits per heavy atom. The molecule has 0 amide bonds. The summed E-state index contributed by atoms with van der Waals surface area (Å²) in [6.07, 6.45) is 8.54. The van der Waals surface area contributed by atoms with Crippen LogP contribution in [0.5, 0.6) is 0 Å². The minimum atomic E-state index is 0.473. The molecule has 0 aliphatic rings. The Hall–Kier alpha value is -1.89. The predicted molar refractivity (Wildman–Crippen MR) is 138 cm³/mol. The van der Waals surface area contributed by atoms with Gasteiger partial charge in [-0.3, -0.25) is 4.99 Å². The smallest absolute Gasteiger partial charge is 0.0276 e. The quantitative estimate of drug-likeness (QED) is 0.366. The predicted octanol–water partition coefficient (Wildman–Crippen LogP) is 8.98. The molecule has 0 aliphatic carbocycles. The van der Waals surface area contributed by atoms with E-state index in [4.69, 9.17) is 0 Å². The van der Waals surface area contributed by atoms with Gasteiger partial charge < -0.3 is 0 Å². The number of aryl methyl sites for hydroxylation is 3. The van der Waals surface area contributed by atoms with Crippen molar-refractivity contribution in [2.45, 2.75) is 99.3 Å². The van der Waals surface area contributed by atoms with Crippen LogP contribution in [0.4, 0.5) is 0 Å². The van der Waals surface area contributed by atoms with Gasteiger partial charge in [0.05, 0.1) is 0 Å². The molecular formula is C29H47N. The van der Waals surface area contributed by atoms with Gasteiger partial charge in [-0.2, -0.15) is 0 Å². The van der Waals surface area contributed by atoms with Gasteiger partial charge in [0, 0.05) is 18.7 Å². The summed E-state index contributed by atoms with van der Waals surface area (Å²) in [5.41, 5.74) is 6.84. The molecular weight excluding hydrogens is 362 g/mol. The van der Waals surface area contributed by atoms with Crippen LogP contribution >= 0.6 is 0 Å². The normalized spacial score (nSPS) is 11.7. The van der Waals surface area contributed by atoms with E-state index in [2.05, 4.69) is 88.1 Å². The van der Waals surface area contributed by atoms with Gasteiger partial charge in [-0.05, 0) is 49.8 Å². The van der Waals surface area contributed by atoms with Gasteiger partial charge >= 0.3 is 0 Å². The Kier molecular flexibility index (Phi) is 16.8. The van der Waals surface area contributed by atoms with E-state index in [0.717, 1.165) is 12.8 Å². The summed E-state index contributed by atoms with van der Waals surface area (Å²) in [5.74, 6) is 0.473. The molecule has 1 atom stereocenters. The van der Waals surface area contributed by atoms with Crippen LogP contribution in [-0.2, 0) is 12.8 Å². The molecule has 0 saturated carbocycles. The summed E-state index contributed by atoms with van der Waals surface area (Å²) < 4.78 is 0. The molecule has 168 valence electrons. The first kappa shape index (κ1) is 28.1. The van der Waals surface area contributed by atoms with Gasteiger partial charge in [0.1, 0.15) is 0 Å². The molecule has 0 aromatic heterocycles. The van der Waals surface area contributed by atoms with Crippen molar-refractivity contribution in [2.75, 3.05) is 7.05 Å². The lowest BCUT2D eigenvalue weighted by molar-refractivity contribution is 0.681. The number of hydrogen-bond acceptors (Lipinski definition) is 1. The van der Waals surface area contributed by atoms with Gasteiger partial charge in [-0.15, -0.1) is 0 Å². The average molecular weight is 410 g/mol. The molecule has 30 heavy (non-hydrogen) atoms. The SMILES string of the molecule is CC.CCCC.CCCCC(C(C)=NC)c1ccc(CCc2cccc(C)c2)cc1. The fourth-order valence-corrected chi connectivity index (χ4v) is 3.25. The summed E-state index contributed by atoms with van der Waals surface area (Å²) in [6, 6.07) is 18.0. The lowest BCUT2D eigenvalue weighted by Crippen LogP contribution is -2.09. The average Bonchev–Trinajstić information content (AvgIpc) is 2.80. The minimum Gasteiger partial charge on any atom is -0.297 e. The Balaban J connectivity index is 0.00000125. The lowest BCUT2D eigenvalue weighted by atomic mass is 9.89. The third kappa shape index (κ3) is 11.3. The summed E-state index contributed by atoms with van der Waals surface area (Å²) in [7, 11) is 1.91. The molecule has 0 fully saturated rings. The first-order valence-corrected chi connectivity index (χ1v) is 12.1. The molecule has 0 bridgehead atoms. The number of rotatable bonds is 9. The van der Waals surface area contributed by atoms with E-state index < -0.39 is 0 Å². The number of hydrogen-bond donors (Lipinski definition) is 0. The van der Waals surface area contributed by atoms with Gasteiger partial charge in [-0.1, -0.05) is 114 Å². The molecule has 2 rings (SSSR count). The summed E-state index contributed by atoms with van der Waals surface area (Å²) in [5, 5.41) is 0. The molecule has 1 unspecified atom stereocenters. The van der Waals surface area contributed by atoms with Crippen molar-refractivity contribution in [1.29, 1.82) is 0 Å². The molecule has 0 N–H and O–H groups in total. The molecule has 0 aliphatic heterocycles. The van der Waals surface area contributed by atoms with Crippen molar-refractivity contribution in [3.05, 3.63) is 70.8 Å². The van der Waals surface area contributed by atoms with Crippen LogP contribution in [-0.4, -0.2) is 12.8 Å². The van der Waals surface area contributed by atoms with E-state index in [1.165, 1.54) is 60.1 Å². The summed E-state index contributed by atoms with van der Waals surface area (Å²) in [4.78, 5) is 4.44. The topological polar surface area (TPSA) is 12.4 Å². The van der Waals surface area contributed by atoms with Crippen molar-refractivity contribution in [1.82, 2.24) is 0 Å². The highest BCUT2D eigenvalue weighted by Gasteiger charge is 2.14. The maximum Gasteiger partial charge on any atom is 0.0276 e. The zero-order valence-electron chi connectivity index (χ0n) is 21.1. The zero-order valence-corrected chi connectivity index (χ0v) is 21.1. The van der Waals surface area contributed by atoms with Crippen molar-refractivity contribution >= 4 is 5.71 Å². The Bertz CT molecular complexity index is 680. The zero-order chi connectivity index (χ0) is 22.8. The van der Waals surface area contributed by atoms with Crippen LogP contribution in [0.1, 0.15) is 102 Å². The molecule has 0 spiro atoms. The van der Waals surface area contributed by atoms with Crippen LogP contribution in [0.25, 0.3) is 0 Å². The van der Waals surface area contributed by atoms with Crippen LogP contribution in [0.3, 0.4) is 0 Å². The van der Waals surface area contributed by atoms with Crippen LogP contribution in [0.2, 0.25) is 0 Å². The second-order valence-electron chi connectivity index (χ2n) is 7.79. The van der Waals surface area contributed by atoms with Gasteiger partial charge in [0.25, 0.3) is 0 Å². The molecule has 0 radical (unpaired) electrons. The van der Waals surface area contributed by atoms with E-state index >= 15 is 0 Å². The number of benzene rings is 2. The van der Waals surface area contributed by atoms with Gasteiger partial charge in [-0.25, -0.2) is 0 Å². The van der Waals surface area contributed by atoms with E-state index in [0.29, 0.717) is 5.92 Å². The lowest BCUT2D eigenvalue weighted by Gasteiger charge is -2.17. The second-order valence-corrected chi connectivity index (χ2v) is 7.79. The highest BCUT2D eigenvalue weighted by Crippen LogP contribution is 2.24.